The Labute approximate surface area is 128 Å². The monoisotopic (exact) mass is 320 g/mol. The summed E-state index contributed by atoms with van der Waals surface area (Å²) >= 11 is 0. The molecule has 2 amide bonds. The largest absolute Gasteiger partial charge is 0.331 e. The van der Waals surface area contributed by atoms with Gasteiger partial charge in [0.15, 0.2) is 0 Å². The highest BCUT2D eigenvalue weighted by molar-refractivity contribution is 7.88. The summed E-state index contributed by atoms with van der Waals surface area (Å²) in [5, 5.41) is 3.39. The van der Waals surface area contributed by atoms with Crippen LogP contribution < -0.4 is 10.0 Å². The average Bonchev–Trinajstić information content (AvgIpc) is 2.33. The molecule has 0 saturated carbocycles. The molecule has 1 heterocycles. The van der Waals surface area contributed by atoms with Gasteiger partial charge in [-0.3, -0.25) is 0 Å². The van der Waals surface area contributed by atoms with E-state index in [2.05, 4.69) is 10.0 Å². The number of hydrogen-bond donors (Lipinski definition) is 2. The number of amides is 2. The predicted molar refractivity (Wildman–Crippen MR) is 83.7 cm³/mol. The number of rotatable bonds is 5. The van der Waals surface area contributed by atoms with E-state index in [-0.39, 0.29) is 6.03 Å². The predicted octanol–water partition coefficient (Wildman–Crippen LogP) is 0.0498. The third-order valence-corrected chi connectivity index (χ3v) is 4.37. The molecule has 8 heteroatoms. The van der Waals surface area contributed by atoms with E-state index in [9.17, 15) is 13.2 Å². The Balaban J connectivity index is 2.38. The quantitative estimate of drug-likeness (QED) is 0.750. The highest BCUT2D eigenvalue weighted by Crippen LogP contribution is 2.13. The van der Waals surface area contributed by atoms with Crippen LogP contribution in [0, 0.1) is 0 Å². The molecule has 0 radical (unpaired) electrons. The molecule has 0 aromatic carbocycles. The Morgan fingerprint density at radius 3 is 2.24 bits per heavy atom. The van der Waals surface area contributed by atoms with Crippen LogP contribution in [0.3, 0.4) is 0 Å². The summed E-state index contributed by atoms with van der Waals surface area (Å²) in [5.41, 5.74) is -0.524. The molecule has 0 bridgehead atoms. The first-order valence-electron chi connectivity index (χ1n) is 7.19. The molecule has 0 aromatic rings. The van der Waals surface area contributed by atoms with Crippen LogP contribution in [0.25, 0.3) is 0 Å². The molecule has 7 nitrogen and oxygen atoms in total. The first-order valence-corrected chi connectivity index (χ1v) is 9.08. The van der Waals surface area contributed by atoms with E-state index in [0.29, 0.717) is 12.6 Å². The fraction of sp³-hybridized carbons (Fsp3) is 0.923. The van der Waals surface area contributed by atoms with Crippen molar-refractivity contribution < 1.29 is 13.2 Å². The maximum atomic E-state index is 11.8. The van der Waals surface area contributed by atoms with E-state index in [1.807, 2.05) is 18.7 Å². The zero-order valence-electron chi connectivity index (χ0n) is 13.6. The lowest BCUT2D eigenvalue weighted by Gasteiger charge is -2.35. The molecule has 1 aliphatic heterocycles. The molecule has 2 N–H and O–H groups in total. The molecule has 1 fully saturated rings. The number of sulfonamides is 1. The Hall–Kier alpha value is -0.860. The van der Waals surface area contributed by atoms with Gasteiger partial charge < -0.3 is 15.1 Å². The van der Waals surface area contributed by atoms with Crippen molar-refractivity contribution in [3.8, 4) is 0 Å². The number of nitrogens with one attached hydrogen (secondary N) is 2. The minimum atomic E-state index is -3.21. The van der Waals surface area contributed by atoms with Crippen LogP contribution in [0.5, 0.6) is 0 Å². The highest BCUT2D eigenvalue weighted by Gasteiger charge is 2.26. The van der Waals surface area contributed by atoms with Crippen molar-refractivity contribution in [3.63, 3.8) is 0 Å². The van der Waals surface area contributed by atoms with Gasteiger partial charge in [0.05, 0.1) is 6.26 Å². The number of nitrogens with zero attached hydrogens (tertiary/aromatic N) is 2. The lowest BCUT2D eigenvalue weighted by molar-refractivity contribution is 0.151. The number of urea groups is 1. The van der Waals surface area contributed by atoms with Gasteiger partial charge in [0.25, 0.3) is 0 Å². The van der Waals surface area contributed by atoms with Gasteiger partial charge in [-0.25, -0.2) is 17.9 Å². The molecule has 0 aliphatic carbocycles. The second-order valence-electron chi connectivity index (χ2n) is 6.58. The van der Waals surface area contributed by atoms with Crippen LogP contribution in [-0.4, -0.2) is 75.8 Å². The van der Waals surface area contributed by atoms with Crippen molar-refractivity contribution in [2.45, 2.75) is 38.3 Å². The Bertz CT molecular complexity index is 454. The minimum absolute atomic E-state index is 0.0486. The zero-order chi connectivity index (χ0) is 16.3. The molecule has 0 atom stereocenters. The van der Waals surface area contributed by atoms with Gasteiger partial charge in [-0.2, -0.15) is 0 Å². The molecule has 124 valence electrons. The van der Waals surface area contributed by atoms with Crippen LogP contribution in [-0.2, 0) is 10.0 Å². The average molecular weight is 320 g/mol. The topological polar surface area (TPSA) is 81.8 Å². The Kier molecular flexibility index (Phi) is 6.01. The van der Waals surface area contributed by atoms with Gasteiger partial charge in [-0.05, 0) is 26.7 Å². The molecule has 1 rings (SSSR count). The SMILES string of the molecule is CN(C)C(=O)N1CCC(NCC(C)(C)NS(C)(=O)=O)CC1. The summed E-state index contributed by atoms with van der Waals surface area (Å²) in [6, 6.07) is 0.365. The summed E-state index contributed by atoms with van der Waals surface area (Å²) < 4.78 is 25.2. The van der Waals surface area contributed by atoms with Crippen molar-refractivity contribution in [1.29, 1.82) is 0 Å². The summed E-state index contributed by atoms with van der Waals surface area (Å²) in [4.78, 5) is 15.3. The van der Waals surface area contributed by atoms with Gasteiger partial charge in [-0.1, -0.05) is 0 Å². The van der Waals surface area contributed by atoms with Gasteiger partial charge >= 0.3 is 6.03 Å². The molecule has 1 aliphatic rings. The summed E-state index contributed by atoms with van der Waals surface area (Å²) in [6.45, 7) is 5.73. The minimum Gasteiger partial charge on any atom is -0.331 e. The van der Waals surface area contributed by atoms with Crippen molar-refractivity contribution in [3.05, 3.63) is 0 Å². The van der Waals surface area contributed by atoms with E-state index in [4.69, 9.17) is 0 Å². The maximum absolute atomic E-state index is 11.8. The van der Waals surface area contributed by atoms with Crippen LogP contribution in [0.15, 0.2) is 0 Å². The highest BCUT2D eigenvalue weighted by atomic mass is 32.2. The van der Waals surface area contributed by atoms with E-state index in [0.717, 1.165) is 25.9 Å². The maximum Gasteiger partial charge on any atom is 0.319 e. The number of likely N-dealkylation sites (tertiary alicyclic amines) is 1. The number of piperidine rings is 1. The van der Waals surface area contributed by atoms with Gasteiger partial charge in [0.2, 0.25) is 10.0 Å². The summed E-state index contributed by atoms with van der Waals surface area (Å²) in [5.74, 6) is 0. The Morgan fingerprint density at radius 1 is 1.29 bits per heavy atom. The standard InChI is InChI=1S/C13H28N4O3S/c1-13(2,15-21(5,19)20)10-14-11-6-8-17(9-7-11)12(18)16(3)4/h11,14-15H,6-10H2,1-5H3. The van der Waals surface area contributed by atoms with Gasteiger partial charge in [0, 0.05) is 45.3 Å². The van der Waals surface area contributed by atoms with Crippen LogP contribution in [0.4, 0.5) is 4.79 Å². The number of carbonyl (C=O) groups excluding carboxylic acids is 1. The Morgan fingerprint density at radius 2 is 1.81 bits per heavy atom. The third-order valence-electron chi connectivity index (χ3n) is 3.44. The third kappa shape index (κ3) is 6.62. The fourth-order valence-corrected chi connectivity index (χ4v) is 3.57. The van der Waals surface area contributed by atoms with Crippen molar-refractivity contribution in [1.82, 2.24) is 19.8 Å². The van der Waals surface area contributed by atoms with E-state index < -0.39 is 15.6 Å². The number of hydrogen-bond acceptors (Lipinski definition) is 4. The van der Waals surface area contributed by atoms with E-state index in [1.165, 1.54) is 6.26 Å². The van der Waals surface area contributed by atoms with Crippen molar-refractivity contribution in [2.75, 3.05) is 40.0 Å². The molecule has 0 aromatic heterocycles. The van der Waals surface area contributed by atoms with Gasteiger partial charge in [0.1, 0.15) is 0 Å². The zero-order valence-corrected chi connectivity index (χ0v) is 14.5. The first kappa shape index (κ1) is 18.2. The van der Waals surface area contributed by atoms with Crippen LogP contribution >= 0.6 is 0 Å². The molecule has 21 heavy (non-hydrogen) atoms. The second-order valence-corrected chi connectivity index (χ2v) is 8.33. The lowest BCUT2D eigenvalue weighted by Crippen LogP contribution is -2.54. The van der Waals surface area contributed by atoms with Crippen molar-refractivity contribution >= 4 is 16.1 Å². The molecule has 0 spiro atoms. The van der Waals surface area contributed by atoms with E-state index in [1.54, 1.807) is 19.0 Å². The summed E-state index contributed by atoms with van der Waals surface area (Å²) in [7, 11) is 0.299. The molecule has 1 saturated heterocycles. The molecule has 0 unspecified atom stereocenters. The second kappa shape index (κ2) is 6.93. The lowest BCUT2D eigenvalue weighted by atomic mass is 10.0. The normalized spacial score (nSPS) is 17.9. The van der Waals surface area contributed by atoms with Crippen LogP contribution in [0.1, 0.15) is 26.7 Å². The smallest absolute Gasteiger partial charge is 0.319 e. The fourth-order valence-electron chi connectivity index (χ4n) is 2.50. The van der Waals surface area contributed by atoms with Gasteiger partial charge in [-0.15, -0.1) is 0 Å². The first-order chi connectivity index (χ1) is 9.50. The molecular formula is C13H28N4O3S. The van der Waals surface area contributed by atoms with Crippen molar-refractivity contribution in [2.24, 2.45) is 0 Å². The molecular weight excluding hydrogens is 292 g/mol. The number of carbonyl (C=O) groups is 1. The van der Waals surface area contributed by atoms with E-state index >= 15 is 0 Å². The summed E-state index contributed by atoms with van der Waals surface area (Å²) in [6.07, 6.45) is 2.93. The van der Waals surface area contributed by atoms with Crippen LogP contribution in [0.2, 0.25) is 0 Å².